The van der Waals surface area contributed by atoms with Crippen LogP contribution in [0, 0.1) is 11.8 Å². The summed E-state index contributed by atoms with van der Waals surface area (Å²) >= 11 is 0. The molecule has 1 aromatic rings. The lowest BCUT2D eigenvalue weighted by atomic mass is 10.1. The minimum Gasteiger partial charge on any atom is -0.370 e. The van der Waals surface area contributed by atoms with E-state index in [1.165, 1.54) is 23.1 Å². The van der Waals surface area contributed by atoms with E-state index in [4.69, 9.17) is 10.5 Å². The van der Waals surface area contributed by atoms with Crippen LogP contribution in [0.5, 0.6) is 0 Å². The highest BCUT2D eigenvalue weighted by Gasteiger charge is 2.28. The third-order valence-corrected chi connectivity index (χ3v) is 4.97. The molecule has 0 bridgehead atoms. The van der Waals surface area contributed by atoms with E-state index < -0.39 is 12.5 Å². The first-order valence-electron chi connectivity index (χ1n) is 10.7. The van der Waals surface area contributed by atoms with Crippen LogP contribution in [-0.2, 0) is 14.3 Å². The molecule has 1 aromatic carbocycles. The summed E-state index contributed by atoms with van der Waals surface area (Å²) in [5.41, 5.74) is 5.99. The Hall–Kier alpha value is -2.10. The fourth-order valence-electron chi connectivity index (χ4n) is 3.74. The lowest BCUT2D eigenvalue weighted by Crippen LogP contribution is -2.51. The molecule has 0 radical (unpaired) electrons. The summed E-state index contributed by atoms with van der Waals surface area (Å²) in [7, 11) is 0. The van der Waals surface area contributed by atoms with Gasteiger partial charge in [-0.25, -0.2) is 8.78 Å². The summed E-state index contributed by atoms with van der Waals surface area (Å²) in [5.74, 6) is -0.0156. The first-order chi connectivity index (χ1) is 14.6. The number of hydrogen-bond acceptors (Lipinski definition) is 5. The molecule has 7 nitrogen and oxygen atoms in total. The standard InChI is InChI=1S/C22H34F2N4O3/c1-14(2)11-27(12-15(3)4)19(10-25)22(30)26-16-5-6-18(17(9-16)21(23)24)28-7-8-31-13-20(28)29/h5-6,9,14-15,19,21H,7-8,10-13,25H2,1-4H3,(H,26,30)/t19-/m1/s1. The normalized spacial score (nSPS) is 16.0. The molecule has 9 heteroatoms. The Bertz CT molecular complexity index is 748. The third-order valence-electron chi connectivity index (χ3n) is 4.97. The second kappa shape index (κ2) is 11.5. The van der Waals surface area contributed by atoms with Gasteiger partial charge < -0.3 is 20.7 Å². The molecular weight excluding hydrogens is 406 g/mol. The van der Waals surface area contributed by atoms with Crippen molar-refractivity contribution in [1.29, 1.82) is 0 Å². The molecule has 31 heavy (non-hydrogen) atoms. The van der Waals surface area contributed by atoms with Gasteiger partial charge in [0.25, 0.3) is 12.3 Å². The molecule has 1 saturated heterocycles. The molecule has 174 valence electrons. The molecule has 1 heterocycles. The van der Waals surface area contributed by atoms with Crippen LogP contribution in [0.25, 0.3) is 0 Å². The van der Waals surface area contributed by atoms with E-state index in [1.54, 1.807) is 0 Å². The summed E-state index contributed by atoms with van der Waals surface area (Å²) in [5, 5.41) is 2.73. The van der Waals surface area contributed by atoms with Crippen molar-refractivity contribution in [2.75, 3.05) is 49.6 Å². The number of morpholine rings is 1. The number of alkyl halides is 2. The third kappa shape index (κ3) is 6.95. The summed E-state index contributed by atoms with van der Waals surface area (Å²) < 4.78 is 32.6. The molecule has 1 aliphatic rings. The van der Waals surface area contributed by atoms with Crippen molar-refractivity contribution in [3.05, 3.63) is 23.8 Å². The quantitative estimate of drug-likeness (QED) is 0.584. The minimum absolute atomic E-state index is 0.118. The molecule has 2 rings (SSSR count). The molecule has 0 spiro atoms. The molecular formula is C22H34F2N4O3. The highest BCUT2D eigenvalue weighted by molar-refractivity contribution is 5.97. The van der Waals surface area contributed by atoms with Crippen LogP contribution in [0.2, 0.25) is 0 Å². The molecule has 2 amide bonds. The molecule has 3 N–H and O–H groups in total. The van der Waals surface area contributed by atoms with E-state index in [-0.39, 0.29) is 55.1 Å². The number of nitrogens with two attached hydrogens (primary N) is 1. The highest BCUT2D eigenvalue weighted by Crippen LogP contribution is 2.33. The van der Waals surface area contributed by atoms with Crippen LogP contribution in [0.15, 0.2) is 18.2 Å². The predicted octanol–water partition coefficient (Wildman–Crippen LogP) is 2.87. The maximum Gasteiger partial charge on any atom is 0.265 e. The number of hydrogen-bond donors (Lipinski definition) is 2. The molecule has 0 aromatic heterocycles. The lowest BCUT2D eigenvalue weighted by Gasteiger charge is -2.33. The van der Waals surface area contributed by atoms with Crippen molar-refractivity contribution in [1.82, 2.24) is 4.90 Å². The van der Waals surface area contributed by atoms with Gasteiger partial charge in [0.1, 0.15) is 12.6 Å². The zero-order valence-corrected chi connectivity index (χ0v) is 18.7. The van der Waals surface area contributed by atoms with Crippen molar-refractivity contribution in [2.24, 2.45) is 17.6 Å². The van der Waals surface area contributed by atoms with Crippen molar-refractivity contribution >= 4 is 23.2 Å². The molecule has 0 saturated carbocycles. The summed E-state index contributed by atoms with van der Waals surface area (Å²) in [4.78, 5) is 28.4. The van der Waals surface area contributed by atoms with Crippen molar-refractivity contribution in [2.45, 2.75) is 40.2 Å². The maximum absolute atomic E-state index is 13.8. The number of nitrogens with zero attached hydrogens (tertiary/aromatic N) is 2. The summed E-state index contributed by atoms with van der Waals surface area (Å²) in [6.45, 7) is 10.2. The molecule has 0 unspecified atom stereocenters. The first kappa shape index (κ1) is 25.2. The number of halogens is 2. The van der Waals surface area contributed by atoms with Gasteiger partial charge in [0.15, 0.2) is 0 Å². The van der Waals surface area contributed by atoms with E-state index in [1.807, 2.05) is 4.90 Å². The average Bonchev–Trinajstić information content (AvgIpc) is 2.68. The monoisotopic (exact) mass is 440 g/mol. The minimum atomic E-state index is -2.80. The first-order valence-corrected chi connectivity index (χ1v) is 10.7. The van der Waals surface area contributed by atoms with E-state index in [9.17, 15) is 18.4 Å². The van der Waals surface area contributed by atoms with E-state index in [0.717, 1.165) is 0 Å². The van der Waals surface area contributed by atoms with E-state index in [0.29, 0.717) is 24.9 Å². The number of amides is 2. The number of carbonyl (C=O) groups excluding carboxylic acids is 2. The van der Waals surface area contributed by atoms with E-state index >= 15 is 0 Å². The number of rotatable bonds is 10. The molecule has 0 aliphatic carbocycles. The Kier molecular flexibility index (Phi) is 9.33. The van der Waals surface area contributed by atoms with Gasteiger partial charge in [0, 0.05) is 37.4 Å². The Morgan fingerprint density at radius 2 is 1.87 bits per heavy atom. The number of ether oxygens (including phenoxy) is 1. The SMILES string of the molecule is CC(C)CN(CC(C)C)[C@H](CN)C(=O)Nc1ccc(N2CCOCC2=O)c(C(F)F)c1. The summed E-state index contributed by atoms with van der Waals surface area (Å²) in [6, 6.07) is 3.63. The van der Waals surface area contributed by atoms with Crippen LogP contribution in [0.3, 0.4) is 0 Å². The van der Waals surface area contributed by atoms with Crippen LogP contribution in [0.4, 0.5) is 20.2 Å². The van der Waals surface area contributed by atoms with Crippen molar-refractivity contribution in [3.8, 4) is 0 Å². The second-order valence-electron chi connectivity index (χ2n) is 8.65. The topological polar surface area (TPSA) is 87.9 Å². The van der Waals surface area contributed by atoms with Gasteiger partial charge >= 0.3 is 0 Å². The van der Waals surface area contributed by atoms with Crippen LogP contribution >= 0.6 is 0 Å². The largest absolute Gasteiger partial charge is 0.370 e. The fourth-order valence-corrected chi connectivity index (χ4v) is 3.74. The Labute approximate surface area is 182 Å². The Morgan fingerprint density at radius 1 is 1.23 bits per heavy atom. The fraction of sp³-hybridized carbons (Fsp3) is 0.636. The predicted molar refractivity (Wildman–Crippen MR) is 117 cm³/mol. The number of anilines is 2. The van der Waals surface area contributed by atoms with Gasteiger partial charge in [-0.3, -0.25) is 14.5 Å². The van der Waals surface area contributed by atoms with Gasteiger partial charge in [-0.2, -0.15) is 0 Å². The number of benzene rings is 1. The second-order valence-corrected chi connectivity index (χ2v) is 8.65. The van der Waals surface area contributed by atoms with Gasteiger partial charge in [-0.15, -0.1) is 0 Å². The van der Waals surface area contributed by atoms with E-state index in [2.05, 4.69) is 33.0 Å². The Morgan fingerprint density at radius 3 is 2.39 bits per heavy atom. The average molecular weight is 441 g/mol. The Balaban J connectivity index is 2.24. The molecule has 1 atom stereocenters. The van der Waals surface area contributed by atoms with Gasteiger partial charge in [0.05, 0.1) is 12.3 Å². The van der Waals surface area contributed by atoms with Gasteiger partial charge in [-0.05, 0) is 30.0 Å². The van der Waals surface area contributed by atoms with Gasteiger partial charge in [0.2, 0.25) is 5.91 Å². The number of nitrogens with one attached hydrogen (secondary N) is 1. The van der Waals surface area contributed by atoms with Gasteiger partial charge in [-0.1, -0.05) is 27.7 Å². The van der Waals surface area contributed by atoms with Crippen LogP contribution < -0.4 is 16.0 Å². The van der Waals surface area contributed by atoms with Crippen LogP contribution in [0.1, 0.15) is 39.7 Å². The smallest absolute Gasteiger partial charge is 0.265 e. The van der Waals surface area contributed by atoms with Crippen molar-refractivity contribution < 1.29 is 23.1 Å². The molecule has 1 aliphatic heterocycles. The lowest BCUT2D eigenvalue weighted by molar-refractivity contribution is -0.125. The highest BCUT2D eigenvalue weighted by atomic mass is 19.3. The number of carbonyl (C=O) groups is 2. The summed E-state index contributed by atoms with van der Waals surface area (Å²) in [6.07, 6.45) is -2.80. The zero-order chi connectivity index (χ0) is 23.1. The maximum atomic E-state index is 13.8. The van der Waals surface area contributed by atoms with Crippen molar-refractivity contribution in [3.63, 3.8) is 0 Å². The van der Waals surface area contributed by atoms with Crippen LogP contribution in [-0.4, -0.2) is 62.1 Å². The molecule has 1 fully saturated rings. The zero-order valence-electron chi connectivity index (χ0n) is 18.7.